The van der Waals surface area contributed by atoms with E-state index < -0.39 is 0 Å². The second kappa shape index (κ2) is 5.33. The molecule has 1 saturated heterocycles. The number of hydrogen-bond donors (Lipinski definition) is 1. The molecule has 5 nitrogen and oxygen atoms in total. The Bertz CT molecular complexity index is 430. The average Bonchev–Trinajstić information content (AvgIpc) is 2.38. The first-order chi connectivity index (χ1) is 8.90. The lowest BCUT2D eigenvalue weighted by Crippen LogP contribution is -2.45. The first-order valence-electron chi connectivity index (χ1n) is 6.91. The Morgan fingerprint density at radius 2 is 1.74 bits per heavy atom. The van der Waals surface area contributed by atoms with Gasteiger partial charge in [-0.15, -0.1) is 0 Å². The van der Waals surface area contributed by atoms with Crippen molar-refractivity contribution in [1.29, 1.82) is 0 Å². The number of hydrogen-bond acceptors (Lipinski definition) is 5. The molecule has 5 heteroatoms. The van der Waals surface area contributed by atoms with Crippen LogP contribution in [0.2, 0.25) is 0 Å². The maximum Gasteiger partial charge on any atom is 0.227 e. The number of aromatic nitrogens is 2. The summed E-state index contributed by atoms with van der Waals surface area (Å²) in [6.45, 7) is 10.7. The Labute approximate surface area is 116 Å². The molecule has 1 aliphatic heterocycles. The van der Waals surface area contributed by atoms with Crippen LogP contribution in [0.3, 0.4) is 0 Å². The highest BCUT2D eigenvalue weighted by Gasteiger charge is 2.21. The molecule has 0 unspecified atom stereocenters. The number of rotatable bonds is 2. The number of anilines is 2. The molecular formula is C14H25N5. The monoisotopic (exact) mass is 263 g/mol. The van der Waals surface area contributed by atoms with Crippen molar-refractivity contribution in [3.8, 4) is 0 Å². The fourth-order valence-corrected chi connectivity index (χ4v) is 2.09. The fourth-order valence-electron chi connectivity index (χ4n) is 2.09. The van der Waals surface area contributed by atoms with Gasteiger partial charge in [0.2, 0.25) is 5.95 Å². The minimum atomic E-state index is 0.0376. The lowest BCUT2D eigenvalue weighted by atomic mass is 9.92. The van der Waals surface area contributed by atoms with Crippen molar-refractivity contribution in [2.24, 2.45) is 0 Å². The molecule has 1 aliphatic rings. The summed E-state index contributed by atoms with van der Waals surface area (Å²) in [6.07, 6.45) is 0. The van der Waals surface area contributed by atoms with Crippen LogP contribution >= 0.6 is 0 Å². The Morgan fingerprint density at radius 1 is 1.11 bits per heavy atom. The highest BCUT2D eigenvalue weighted by molar-refractivity contribution is 5.45. The van der Waals surface area contributed by atoms with Crippen LogP contribution in [0.15, 0.2) is 6.07 Å². The molecule has 2 rings (SSSR count). The molecule has 0 radical (unpaired) electrons. The molecule has 106 valence electrons. The third kappa shape index (κ3) is 3.35. The highest BCUT2D eigenvalue weighted by Crippen LogP contribution is 2.24. The van der Waals surface area contributed by atoms with Crippen LogP contribution in [0.25, 0.3) is 0 Å². The molecule has 0 spiro atoms. The van der Waals surface area contributed by atoms with Crippen molar-refractivity contribution in [3.05, 3.63) is 11.8 Å². The van der Waals surface area contributed by atoms with E-state index in [0.717, 1.165) is 43.6 Å². The van der Waals surface area contributed by atoms with Crippen LogP contribution in [0.4, 0.5) is 11.8 Å². The first-order valence-corrected chi connectivity index (χ1v) is 6.91. The zero-order valence-electron chi connectivity index (χ0n) is 12.7. The van der Waals surface area contributed by atoms with Crippen LogP contribution in [-0.2, 0) is 5.41 Å². The molecule has 0 saturated carbocycles. The van der Waals surface area contributed by atoms with Gasteiger partial charge in [0.25, 0.3) is 0 Å². The van der Waals surface area contributed by atoms with Gasteiger partial charge in [-0.3, -0.25) is 0 Å². The van der Waals surface area contributed by atoms with Crippen molar-refractivity contribution in [2.45, 2.75) is 26.2 Å². The molecule has 0 atom stereocenters. The van der Waals surface area contributed by atoms with Gasteiger partial charge < -0.3 is 15.1 Å². The molecule has 1 N–H and O–H groups in total. The number of nitrogens with one attached hydrogen (secondary N) is 1. The topological polar surface area (TPSA) is 44.3 Å². The summed E-state index contributed by atoms with van der Waals surface area (Å²) >= 11 is 0. The highest BCUT2D eigenvalue weighted by atomic mass is 15.3. The minimum absolute atomic E-state index is 0.0376. The van der Waals surface area contributed by atoms with Gasteiger partial charge in [-0.1, -0.05) is 20.8 Å². The van der Waals surface area contributed by atoms with E-state index in [0.29, 0.717) is 0 Å². The third-order valence-electron chi connectivity index (χ3n) is 3.53. The lowest BCUT2D eigenvalue weighted by molar-refractivity contribution is 0.311. The fraction of sp³-hybridized carbons (Fsp3) is 0.714. The quantitative estimate of drug-likeness (QED) is 0.877. The number of likely N-dealkylation sites (N-methyl/N-ethyl adjacent to an activating group) is 1. The van der Waals surface area contributed by atoms with E-state index in [1.54, 1.807) is 0 Å². The maximum absolute atomic E-state index is 4.76. The molecule has 19 heavy (non-hydrogen) atoms. The zero-order valence-corrected chi connectivity index (χ0v) is 12.7. The van der Waals surface area contributed by atoms with E-state index in [2.05, 4.69) is 47.9 Å². The zero-order chi connectivity index (χ0) is 14.0. The summed E-state index contributed by atoms with van der Waals surface area (Å²) in [5.74, 6) is 1.75. The van der Waals surface area contributed by atoms with Gasteiger partial charge in [0.05, 0.1) is 5.69 Å². The average molecular weight is 263 g/mol. The molecule has 0 amide bonds. The standard InChI is InChI=1S/C14H25N5/c1-14(2,3)11-10-12(15-4)17-13(16-11)19-8-6-18(5)7-9-19/h10H,6-9H2,1-5H3,(H,15,16,17). The Balaban J connectivity index is 2.29. The van der Waals surface area contributed by atoms with E-state index in [4.69, 9.17) is 4.98 Å². The largest absolute Gasteiger partial charge is 0.373 e. The summed E-state index contributed by atoms with van der Waals surface area (Å²) in [5.41, 5.74) is 1.12. The van der Waals surface area contributed by atoms with Gasteiger partial charge in [-0.05, 0) is 7.05 Å². The smallest absolute Gasteiger partial charge is 0.227 e. The Hall–Kier alpha value is -1.36. The Morgan fingerprint density at radius 3 is 2.26 bits per heavy atom. The number of piperazine rings is 1. The van der Waals surface area contributed by atoms with E-state index in [1.165, 1.54) is 0 Å². The van der Waals surface area contributed by atoms with Gasteiger partial charge in [0.15, 0.2) is 0 Å². The predicted octanol–water partition coefficient (Wildman–Crippen LogP) is 1.57. The van der Waals surface area contributed by atoms with E-state index in [9.17, 15) is 0 Å². The maximum atomic E-state index is 4.76. The van der Waals surface area contributed by atoms with Gasteiger partial charge in [-0.25, -0.2) is 4.98 Å². The van der Waals surface area contributed by atoms with E-state index in [1.807, 2.05) is 13.1 Å². The van der Waals surface area contributed by atoms with Crippen LogP contribution in [0.1, 0.15) is 26.5 Å². The summed E-state index contributed by atoms with van der Waals surface area (Å²) in [5, 5.41) is 3.14. The first kappa shape index (κ1) is 14.1. The van der Waals surface area contributed by atoms with Crippen LogP contribution in [0.5, 0.6) is 0 Å². The molecule has 1 aromatic rings. The lowest BCUT2D eigenvalue weighted by Gasteiger charge is -2.33. The summed E-state index contributed by atoms with van der Waals surface area (Å²) < 4.78 is 0. The van der Waals surface area contributed by atoms with Gasteiger partial charge in [0, 0.05) is 44.7 Å². The molecule has 1 fully saturated rings. The normalized spacial score (nSPS) is 17.6. The van der Waals surface area contributed by atoms with Gasteiger partial charge in [-0.2, -0.15) is 4.98 Å². The molecule has 1 aromatic heterocycles. The minimum Gasteiger partial charge on any atom is -0.373 e. The Kier molecular flexibility index (Phi) is 3.94. The second-order valence-corrected chi connectivity index (χ2v) is 6.23. The SMILES string of the molecule is CNc1cc(C(C)(C)C)nc(N2CCN(C)CC2)n1. The summed E-state index contributed by atoms with van der Waals surface area (Å²) in [7, 11) is 4.06. The van der Waals surface area contributed by atoms with Crippen molar-refractivity contribution >= 4 is 11.8 Å². The van der Waals surface area contributed by atoms with Crippen LogP contribution < -0.4 is 10.2 Å². The van der Waals surface area contributed by atoms with Crippen LogP contribution in [0, 0.1) is 0 Å². The van der Waals surface area contributed by atoms with Crippen molar-refractivity contribution in [2.75, 3.05) is 50.5 Å². The van der Waals surface area contributed by atoms with Crippen LogP contribution in [-0.4, -0.2) is 55.1 Å². The summed E-state index contributed by atoms with van der Waals surface area (Å²) in [6, 6.07) is 2.04. The molecular weight excluding hydrogens is 238 g/mol. The van der Waals surface area contributed by atoms with Crippen molar-refractivity contribution in [1.82, 2.24) is 14.9 Å². The third-order valence-corrected chi connectivity index (χ3v) is 3.53. The van der Waals surface area contributed by atoms with Crippen molar-refractivity contribution < 1.29 is 0 Å². The van der Waals surface area contributed by atoms with Gasteiger partial charge in [0.1, 0.15) is 5.82 Å². The number of nitrogens with zero attached hydrogens (tertiary/aromatic N) is 4. The van der Waals surface area contributed by atoms with Gasteiger partial charge >= 0.3 is 0 Å². The van der Waals surface area contributed by atoms with E-state index >= 15 is 0 Å². The molecule has 0 aromatic carbocycles. The summed E-state index contributed by atoms with van der Waals surface area (Å²) in [4.78, 5) is 14.0. The molecule has 2 heterocycles. The van der Waals surface area contributed by atoms with Crippen molar-refractivity contribution in [3.63, 3.8) is 0 Å². The second-order valence-electron chi connectivity index (χ2n) is 6.23. The molecule has 0 bridgehead atoms. The predicted molar refractivity (Wildman–Crippen MR) is 80.0 cm³/mol. The van der Waals surface area contributed by atoms with E-state index in [-0.39, 0.29) is 5.41 Å². The molecule has 0 aliphatic carbocycles.